The van der Waals surface area contributed by atoms with Crippen molar-refractivity contribution < 1.29 is 18.7 Å². The molecule has 0 unspecified atom stereocenters. The van der Waals surface area contributed by atoms with Crippen LogP contribution in [0.1, 0.15) is 26.5 Å². The molecular formula is C21H25N3O4. The van der Waals surface area contributed by atoms with Crippen molar-refractivity contribution in [3.63, 3.8) is 0 Å². The molecule has 2 saturated heterocycles. The second-order valence-electron chi connectivity index (χ2n) is 7.15. The highest BCUT2D eigenvalue weighted by Gasteiger charge is 2.24. The van der Waals surface area contributed by atoms with Gasteiger partial charge in [-0.2, -0.15) is 0 Å². The molecule has 2 fully saturated rings. The summed E-state index contributed by atoms with van der Waals surface area (Å²) in [6.07, 6.45) is 1.52. The molecule has 0 aliphatic carbocycles. The fourth-order valence-electron chi connectivity index (χ4n) is 3.68. The first-order valence-corrected chi connectivity index (χ1v) is 9.72. The summed E-state index contributed by atoms with van der Waals surface area (Å²) in [5.41, 5.74) is 1.84. The molecule has 0 atom stereocenters. The van der Waals surface area contributed by atoms with E-state index in [1.54, 1.807) is 12.1 Å². The summed E-state index contributed by atoms with van der Waals surface area (Å²) in [4.78, 5) is 31.0. The van der Waals surface area contributed by atoms with Crippen LogP contribution in [0, 0.1) is 0 Å². The molecule has 2 amide bonds. The summed E-state index contributed by atoms with van der Waals surface area (Å²) in [6, 6.07) is 11.3. The highest BCUT2D eigenvalue weighted by molar-refractivity contribution is 5.94. The molecule has 0 radical (unpaired) electrons. The Morgan fingerprint density at radius 2 is 1.61 bits per heavy atom. The summed E-state index contributed by atoms with van der Waals surface area (Å²) in [6.45, 7) is 6.22. The van der Waals surface area contributed by atoms with E-state index >= 15 is 0 Å². The fraction of sp³-hybridized carbons (Fsp3) is 0.429. The fourth-order valence-corrected chi connectivity index (χ4v) is 3.68. The number of benzene rings is 1. The highest BCUT2D eigenvalue weighted by atomic mass is 16.5. The van der Waals surface area contributed by atoms with Crippen LogP contribution in [0.2, 0.25) is 0 Å². The molecule has 1 aromatic heterocycles. The molecule has 7 nitrogen and oxygen atoms in total. The molecular weight excluding hydrogens is 358 g/mol. The van der Waals surface area contributed by atoms with E-state index in [2.05, 4.69) is 11.0 Å². The molecule has 28 heavy (non-hydrogen) atoms. The van der Waals surface area contributed by atoms with Gasteiger partial charge in [0, 0.05) is 51.4 Å². The Hall–Kier alpha value is -2.64. The number of rotatable bonds is 4. The van der Waals surface area contributed by atoms with E-state index in [1.165, 1.54) is 6.26 Å². The quantitative estimate of drug-likeness (QED) is 0.804. The molecule has 3 heterocycles. The Bertz CT molecular complexity index is 807. The van der Waals surface area contributed by atoms with Gasteiger partial charge in [-0.3, -0.25) is 14.5 Å². The summed E-state index contributed by atoms with van der Waals surface area (Å²) >= 11 is 0. The van der Waals surface area contributed by atoms with Crippen LogP contribution in [-0.2, 0) is 11.3 Å². The van der Waals surface area contributed by atoms with Crippen LogP contribution in [0.5, 0.6) is 0 Å². The Morgan fingerprint density at radius 3 is 2.32 bits per heavy atom. The normalized spacial score (nSPS) is 18.3. The van der Waals surface area contributed by atoms with Gasteiger partial charge in [0.2, 0.25) is 0 Å². The summed E-state index contributed by atoms with van der Waals surface area (Å²) in [5.74, 6) is 0.407. The van der Waals surface area contributed by atoms with Crippen molar-refractivity contribution in [1.29, 1.82) is 0 Å². The minimum Gasteiger partial charge on any atom is -0.459 e. The lowest BCUT2D eigenvalue weighted by molar-refractivity contribution is 0.0302. The van der Waals surface area contributed by atoms with Crippen molar-refractivity contribution in [3.05, 3.63) is 59.5 Å². The molecule has 0 spiro atoms. The lowest BCUT2D eigenvalue weighted by Gasteiger charge is -2.34. The van der Waals surface area contributed by atoms with Crippen LogP contribution in [0.3, 0.4) is 0 Å². The first kappa shape index (κ1) is 18.7. The number of hydrogen-bond acceptors (Lipinski definition) is 5. The minimum atomic E-state index is -0.0530. The largest absolute Gasteiger partial charge is 0.459 e. The van der Waals surface area contributed by atoms with Gasteiger partial charge in [-0.15, -0.1) is 0 Å². The maximum absolute atomic E-state index is 12.7. The third kappa shape index (κ3) is 4.26. The Balaban J connectivity index is 1.33. The zero-order chi connectivity index (χ0) is 19.3. The van der Waals surface area contributed by atoms with Gasteiger partial charge in [0.05, 0.1) is 19.5 Å². The number of hydrogen-bond donors (Lipinski definition) is 0. The molecule has 2 aromatic rings. The number of morpholine rings is 1. The maximum Gasteiger partial charge on any atom is 0.289 e. The SMILES string of the molecule is O=C(c1cccc(CN2CCN(C(=O)c3ccco3)CC2)c1)N1CCOCC1. The van der Waals surface area contributed by atoms with Gasteiger partial charge >= 0.3 is 0 Å². The average Bonchev–Trinajstić information content (AvgIpc) is 3.29. The van der Waals surface area contributed by atoms with Crippen molar-refractivity contribution in [1.82, 2.24) is 14.7 Å². The van der Waals surface area contributed by atoms with Crippen molar-refractivity contribution in [3.8, 4) is 0 Å². The first-order chi connectivity index (χ1) is 13.7. The smallest absolute Gasteiger partial charge is 0.289 e. The molecule has 0 bridgehead atoms. The minimum absolute atomic E-state index is 0.0530. The standard InChI is InChI=1S/C21H25N3O4/c25-20(24-10-13-27-14-11-24)18-4-1-3-17(15-18)16-22-6-8-23(9-7-22)21(26)19-5-2-12-28-19/h1-5,12,15H,6-11,13-14,16H2. The van der Waals surface area contributed by atoms with Gasteiger partial charge in [-0.1, -0.05) is 12.1 Å². The molecule has 148 valence electrons. The van der Waals surface area contributed by atoms with Crippen LogP contribution in [0.25, 0.3) is 0 Å². The van der Waals surface area contributed by atoms with Gasteiger partial charge in [0.15, 0.2) is 5.76 Å². The van der Waals surface area contributed by atoms with Crippen molar-refractivity contribution in [2.24, 2.45) is 0 Å². The zero-order valence-corrected chi connectivity index (χ0v) is 15.9. The van der Waals surface area contributed by atoms with Gasteiger partial charge in [0.1, 0.15) is 0 Å². The number of ether oxygens (including phenoxy) is 1. The number of nitrogens with zero attached hydrogens (tertiary/aromatic N) is 3. The van der Waals surface area contributed by atoms with Gasteiger partial charge in [-0.05, 0) is 29.8 Å². The number of amides is 2. The number of carbonyl (C=O) groups excluding carboxylic acids is 2. The third-order valence-electron chi connectivity index (χ3n) is 5.27. The van der Waals surface area contributed by atoms with Crippen molar-refractivity contribution in [2.75, 3.05) is 52.5 Å². The van der Waals surface area contributed by atoms with E-state index in [0.717, 1.165) is 30.8 Å². The van der Waals surface area contributed by atoms with Crippen LogP contribution in [0.4, 0.5) is 0 Å². The number of furan rings is 1. The molecule has 2 aliphatic heterocycles. The Morgan fingerprint density at radius 1 is 0.857 bits per heavy atom. The van der Waals surface area contributed by atoms with Gasteiger partial charge < -0.3 is 19.0 Å². The van der Waals surface area contributed by atoms with Crippen LogP contribution in [-0.4, -0.2) is 79.0 Å². The van der Waals surface area contributed by atoms with Crippen molar-refractivity contribution >= 4 is 11.8 Å². The summed E-state index contributed by atoms with van der Waals surface area (Å²) < 4.78 is 10.5. The van der Waals surface area contributed by atoms with Crippen LogP contribution >= 0.6 is 0 Å². The average molecular weight is 383 g/mol. The van der Waals surface area contributed by atoms with E-state index in [1.807, 2.05) is 28.0 Å². The van der Waals surface area contributed by atoms with Gasteiger partial charge in [0.25, 0.3) is 11.8 Å². The lowest BCUT2D eigenvalue weighted by atomic mass is 10.1. The predicted octanol–water partition coefficient (Wildman–Crippen LogP) is 1.71. The Kier molecular flexibility index (Phi) is 5.73. The molecule has 1 aromatic carbocycles. The number of carbonyl (C=O) groups is 2. The second kappa shape index (κ2) is 8.58. The molecule has 7 heteroatoms. The highest BCUT2D eigenvalue weighted by Crippen LogP contribution is 2.15. The second-order valence-corrected chi connectivity index (χ2v) is 7.15. The monoisotopic (exact) mass is 383 g/mol. The maximum atomic E-state index is 12.7. The van der Waals surface area contributed by atoms with E-state index < -0.39 is 0 Å². The van der Waals surface area contributed by atoms with Crippen LogP contribution in [0.15, 0.2) is 47.1 Å². The van der Waals surface area contributed by atoms with E-state index in [-0.39, 0.29) is 11.8 Å². The predicted molar refractivity (Wildman–Crippen MR) is 103 cm³/mol. The summed E-state index contributed by atoms with van der Waals surface area (Å²) in [5, 5.41) is 0. The molecule has 2 aliphatic rings. The zero-order valence-electron chi connectivity index (χ0n) is 15.9. The third-order valence-corrected chi connectivity index (χ3v) is 5.27. The van der Waals surface area contributed by atoms with Gasteiger partial charge in [-0.25, -0.2) is 0 Å². The number of piperazine rings is 1. The lowest BCUT2D eigenvalue weighted by Crippen LogP contribution is -2.48. The topological polar surface area (TPSA) is 66.2 Å². The van der Waals surface area contributed by atoms with E-state index in [9.17, 15) is 9.59 Å². The van der Waals surface area contributed by atoms with E-state index in [0.29, 0.717) is 45.2 Å². The van der Waals surface area contributed by atoms with E-state index in [4.69, 9.17) is 9.15 Å². The molecule has 4 rings (SSSR count). The summed E-state index contributed by atoms with van der Waals surface area (Å²) in [7, 11) is 0. The Labute approximate surface area is 164 Å². The van der Waals surface area contributed by atoms with Crippen molar-refractivity contribution in [2.45, 2.75) is 6.54 Å². The molecule has 0 N–H and O–H groups in total. The first-order valence-electron chi connectivity index (χ1n) is 9.72. The van der Waals surface area contributed by atoms with Crippen LogP contribution < -0.4 is 0 Å². The molecule has 0 saturated carbocycles.